The van der Waals surface area contributed by atoms with E-state index in [0.29, 0.717) is 18.1 Å². The maximum Gasteiger partial charge on any atom is 0.272 e. The molecule has 2 aromatic rings. The summed E-state index contributed by atoms with van der Waals surface area (Å²) in [6.45, 7) is 9.29. The summed E-state index contributed by atoms with van der Waals surface area (Å²) < 4.78 is 0. The first-order valence-electron chi connectivity index (χ1n) is 8.79. The van der Waals surface area contributed by atoms with Gasteiger partial charge < -0.3 is 15.1 Å². The van der Waals surface area contributed by atoms with Crippen molar-refractivity contribution in [1.29, 1.82) is 0 Å². The van der Waals surface area contributed by atoms with Crippen LogP contribution < -0.4 is 5.32 Å². The average Bonchev–Trinajstić information content (AvgIpc) is 2.67. The third kappa shape index (κ3) is 4.33. The van der Waals surface area contributed by atoms with Crippen LogP contribution in [-0.2, 0) is 6.54 Å². The lowest BCUT2D eigenvalue weighted by Gasteiger charge is -2.33. The zero-order valence-corrected chi connectivity index (χ0v) is 14.9. The van der Waals surface area contributed by atoms with Crippen molar-refractivity contribution in [1.82, 2.24) is 19.8 Å². The lowest BCUT2D eigenvalue weighted by molar-refractivity contribution is 0.0637. The number of hydrogen-bond acceptors (Lipinski definition) is 5. The molecule has 132 valence electrons. The fourth-order valence-corrected chi connectivity index (χ4v) is 2.99. The summed E-state index contributed by atoms with van der Waals surface area (Å²) in [6.07, 6.45) is 1.45. The van der Waals surface area contributed by atoms with E-state index in [0.717, 1.165) is 32.7 Å². The number of rotatable bonds is 5. The second-order valence-corrected chi connectivity index (χ2v) is 6.29. The maximum absolute atomic E-state index is 12.7. The highest BCUT2D eigenvalue weighted by Crippen LogP contribution is 2.12. The molecule has 0 saturated carbocycles. The number of nitrogens with zero attached hydrogens (tertiary/aromatic N) is 4. The monoisotopic (exact) mass is 339 g/mol. The van der Waals surface area contributed by atoms with Crippen LogP contribution in [0.3, 0.4) is 0 Å². The van der Waals surface area contributed by atoms with Gasteiger partial charge in [-0.1, -0.05) is 31.2 Å². The average molecular weight is 339 g/mol. The quantitative estimate of drug-likeness (QED) is 0.905. The molecule has 1 saturated heterocycles. The highest BCUT2D eigenvalue weighted by atomic mass is 16.2. The molecule has 1 fully saturated rings. The summed E-state index contributed by atoms with van der Waals surface area (Å²) in [6, 6.07) is 9.96. The molecule has 1 N–H and O–H groups in total. The van der Waals surface area contributed by atoms with E-state index in [1.54, 1.807) is 6.07 Å². The molecule has 1 aromatic heterocycles. The second-order valence-electron chi connectivity index (χ2n) is 6.29. The van der Waals surface area contributed by atoms with E-state index in [-0.39, 0.29) is 5.91 Å². The topological polar surface area (TPSA) is 61.4 Å². The van der Waals surface area contributed by atoms with Gasteiger partial charge in [-0.2, -0.15) is 0 Å². The van der Waals surface area contributed by atoms with Gasteiger partial charge in [0.25, 0.3) is 5.91 Å². The first-order chi connectivity index (χ1) is 12.2. The molecule has 0 atom stereocenters. The third-order valence-corrected chi connectivity index (χ3v) is 4.71. The standard InChI is InChI=1S/C19H25N5O/c1-3-23-8-10-24(11-9-23)19(25)17-12-18(22-14-21-17)20-13-16-7-5-4-6-15(16)2/h4-7,12,14H,3,8-11,13H2,1-2H3,(H,20,21,22). The number of nitrogens with one attached hydrogen (secondary N) is 1. The molecule has 0 bridgehead atoms. The van der Waals surface area contributed by atoms with Crippen LogP contribution >= 0.6 is 0 Å². The number of piperazine rings is 1. The van der Waals surface area contributed by atoms with Crippen LogP contribution in [0.25, 0.3) is 0 Å². The third-order valence-electron chi connectivity index (χ3n) is 4.71. The highest BCUT2D eigenvalue weighted by molar-refractivity contribution is 5.93. The van der Waals surface area contributed by atoms with Gasteiger partial charge in [0.05, 0.1) is 0 Å². The Morgan fingerprint density at radius 1 is 1.16 bits per heavy atom. The molecular weight excluding hydrogens is 314 g/mol. The maximum atomic E-state index is 12.7. The number of anilines is 1. The molecule has 0 spiro atoms. The van der Waals surface area contributed by atoms with Gasteiger partial charge in [-0.05, 0) is 24.6 Å². The summed E-state index contributed by atoms with van der Waals surface area (Å²) in [5.74, 6) is 0.658. The van der Waals surface area contributed by atoms with Gasteiger partial charge in [0.15, 0.2) is 0 Å². The van der Waals surface area contributed by atoms with Crippen molar-refractivity contribution in [3.8, 4) is 0 Å². The van der Waals surface area contributed by atoms with Crippen LogP contribution in [0.15, 0.2) is 36.7 Å². The van der Waals surface area contributed by atoms with Gasteiger partial charge >= 0.3 is 0 Å². The molecule has 1 aliphatic rings. The fraction of sp³-hybridized carbons (Fsp3) is 0.421. The Morgan fingerprint density at radius 2 is 1.92 bits per heavy atom. The number of benzene rings is 1. The Labute approximate surface area is 148 Å². The molecule has 6 nitrogen and oxygen atoms in total. The molecule has 6 heteroatoms. The summed E-state index contributed by atoms with van der Waals surface area (Å²) >= 11 is 0. The molecular formula is C19H25N5O. The summed E-state index contributed by atoms with van der Waals surface area (Å²) in [5.41, 5.74) is 2.89. The molecule has 25 heavy (non-hydrogen) atoms. The number of hydrogen-bond donors (Lipinski definition) is 1. The van der Waals surface area contributed by atoms with Gasteiger partial charge in [-0.3, -0.25) is 4.79 Å². The van der Waals surface area contributed by atoms with Crippen LogP contribution in [0.2, 0.25) is 0 Å². The van der Waals surface area contributed by atoms with Crippen molar-refractivity contribution in [2.24, 2.45) is 0 Å². The molecule has 1 aromatic carbocycles. The Balaban J connectivity index is 1.63. The summed E-state index contributed by atoms with van der Waals surface area (Å²) in [5, 5.41) is 3.29. The van der Waals surface area contributed by atoms with Crippen LogP contribution in [0, 0.1) is 6.92 Å². The zero-order valence-electron chi connectivity index (χ0n) is 14.9. The van der Waals surface area contributed by atoms with Gasteiger partial charge in [-0.25, -0.2) is 9.97 Å². The minimum Gasteiger partial charge on any atom is -0.366 e. The van der Waals surface area contributed by atoms with Crippen molar-refractivity contribution in [3.63, 3.8) is 0 Å². The van der Waals surface area contributed by atoms with Gasteiger partial charge in [-0.15, -0.1) is 0 Å². The molecule has 2 heterocycles. The lowest BCUT2D eigenvalue weighted by atomic mass is 10.1. The van der Waals surface area contributed by atoms with Crippen molar-refractivity contribution in [3.05, 3.63) is 53.5 Å². The van der Waals surface area contributed by atoms with Crippen molar-refractivity contribution in [2.45, 2.75) is 20.4 Å². The van der Waals surface area contributed by atoms with Crippen molar-refractivity contribution >= 4 is 11.7 Å². The predicted molar refractivity (Wildman–Crippen MR) is 98.6 cm³/mol. The first kappa shape index (κ1) is 17.4. The second kappa shape index (κ2) is 8.07. The molecule has 0 radical (unpaired) electrons. The Hall–Kier alpha value is -2.47. The van der Waals surface area contributed by atoms with E-state index < -0.39 is 0 Å². The molecule has 1 aliphatic heterocycles. The normalized spacial score (nSPS) is 15.2. The fourth-order valence-electron chi connectivity index (χ4n) is 2.99. The van der Waals surface area contributed by atoms with Crippen LogP contribution in [0.1, 0.15) is 28.5 Å². The van der Waals surface area contributed by atoms with Gasteiger partial charge in [0.2, 0.25) is 0 Å². The van der Waals surface area contributed by atoms with E-state index >= 15 is 0 Å². The van der Waals surface area contributed by atoms with Gasteiger partial charge in [0.1, 0.15) is 17.8 Å². The number of carbonyl (C=O) groups excluding carboxylic acids is 1. The van der Waals surface area contributed by atoms with E-state index in [1.807, 2.05) is 17.0 Å². The van der Waals surface area contributed by atoms with E-state index in [9.17, 15) is 4.79 Å². The van der Waals surface area contributed by atoms with Crippen molar-refractivity contribution < 1.29 is 4.79 Å². The van der Waals surface area contributed by atoms with Gasteiger partial charge in [0, 0.05) is 38.8 Å². The van der Waals surface area contributed by atoms with E-state index in [1.165, 1.54) is 17.5 Å². The number of aromatic nitrogens is 2. The molecule has 1 amide bonds. The largest absolute Gasteiger partial charge is 0.366 e. The zero-order chi connectivity index (χ0) is 17.6. The SMILES string of the molecule is CCN1CCN(C(=O)c2cc(NCc3ccccc3C)ncn2)CC1. The molecule has 0 aliphatic carbocycles. The Bertz CT molecular complexity index is 725. The lowest BCUT2D eigenvalue weighted by Crippen LogP contribution is -2.48. The van der Waals surface area contributed by atoms with E-state index in [4.69, 9.17) is 0 Å². The summed E-state index contributed by atoms with van der Waals surface area (Å²) in [7, 11) is 0. The van der Waals surface area contributed by atoms with Crippen molar-refractivity contribution in [2.75, 3.05) is 38.0 Å². The highest BCUT2D eigenvalue weighted by Gasteiger charge is 2.22. The minimum atomic E-state index is -0.0166. The molecule has 3 rings (SSSR count). The first-order valence-corrected chi connectivity index (χ1v) is 8.79. The summed E-state index contributed by atoms with van der Waals surface area (Å²) in [4.78, 5) is 25.3. The van der Waals surface area contributed by atoms with Crippen LogP contribution in [-0.4, -0.2) is 58.4 Å². The Morgan fingerprint density at radius 3 is 2.64 bits per heavy atom. The number of likely N-dealkylation sites (N-methyl/N-ethyl adjacent to an activating group) is 1. The number of aryl methyl sites for hydroxylation is 1. The van der Waals surface area contributed by atoms with Crippen LogP contribution in [0.5, 0.6) is 0 Å². The smallest absolute Gasteiger partial charge is 0.272 e. The number of carbonyl (C=O) groups is 1. The van der Waals surface area contributed by atoms with Crippen LogP contribution in [0.4, 0.5) is 5.82 Å². The van der Waals surface area contributed by atoms with E-state index in [2.05, 4.69) is 46.2 Å². The molecule has 0 unspecified atom stereocenters. The Kier molecular flexibility index (Phi) is 5.60. The minimum absolute atomic E-state index is 0.0166. The number of amides is 1. The predicted octanol–water partition coefficient (Wildman–Crippen LogP) is 2.17.